The van der Waals surface area contributed by atoms with Crippen molar-refractivity contribution in [3.63, 3.8) is 0 Å². The second-order valence-electron chi connectivity index (χ2n) is 21.6. The molecule has 2 atom stereocenters. The van der Waals surface area contributed by atoms with Gasteiger partial charge in [-0.15, -0.1) is 0 Å². The summed E-state index contributed by atoms with van der Waals surface area (Å²) in [4.78, 5) is 37.3. The van der Waals surface area contributed by atoms with Crippen LogP contribution in [0, 0.1) is 0 Å². The topological polar surface area (TPSA) is 111 Å². The van der Waals surface area contributed by atoms with E-state index in [4.69, 9.17) is 18.9 Å². The maximum atomic E-state index is 12.9. The number of allylic oxidation sites excluding steroid dienone is 24. The van der Waals surface area contributed by atoms with Crippen molar-refractivity contribution >= 4 is 17.9 Å². The van der Waals surface area contributed by atoms with Gasteiger partial charge in [0.1, 0.15) is 13.2 Å². The first-order chi connectivity index (χ1) is 39.1. The SMILES string of the molecule is CC/C=C\C/C=C\C/C=C\C/C=C\C/C=C\C/C=C\C/C=C\C/C=C\C/C=C\C/C=C\C/C=C\CCCCCCCCCC(=O)OC(COC(=O)CCCCCCC/C=C\CCCCCCC)COC(OCC[N+](C)(C)C)C(=O)[O-]. The number of hydrogen-bond acceptors (Lipinski definition) is 8. The molecule has 452 valence electrons. The molecule has 0 aliphatic rings. The molecule has 0 heterocycles. The van der Waals surface area contributed by atoms with Crippen LogP contribution in [0.15, 0.2) is 146 Å². The Bertz CT molecular complexity index is 1820. The van der Waals surface area contributed by atoms with Gasteiger partial charge in [0.25, 0.3) is 0 Å². The lowest BCUT2D eigenvalue weighted by atomic mass is 10.1. The Morgan fingerprint density at radius 2 is 0.713 bits per heavy atom. The number of quaternary nitrogens is 1. The monoisotopic (exact) mass is 1110 g/mol. The van der Waals surface area contributed by atoms with Crippen molar-refractivity contribution in [2.75, 3.05) is 47.5 Å². The highest BCUT2D eigenvalue weighted by Gasteiger charge is 2.22. The summed E-state index contributed by atoms with van der Waals surface area (Å²) >= 11 is 0. The summed E-state index contributed by atoms with van der Waals surface area (Å²) in [6.07, 6.45) is 84.8. The minimum Gasteiger partial charge on any atom is -0.545 e. The number of carboxylic acid groups (broad SMARTS) is 1. The first kappa shape index (κ1) is 75.2. The fourth-order valence-corrected chi connectivity index (χ4v) is 8.00. The van der Waals surface area contributed by atoms with Gasteiger partial charge in [-0.2, -0.15) is 0 Å². The lowest BCUT2D eigenvalue weighted by molar-refractivity contribution is -0.870. The van der Waals surface area contributed by atoms with Crippen LogP contribution >= 0.6 is 0 Å². The summed E-state index contributed by atoms with van der Waals surface area (Å²) in [6.45, 7) is 4.58. The molecule has 0 N–H and O–H groups in total. The van der Waals surface area contributed by atoms with Gasteiger partial charge in [-0.1, -0.05) is 237 Å². The van der Waals surface area contributed by atoms with E-state index in [1.807, 2.05) is 21.1 Å². The number of unbranched alkanes of at least 4 members (excludes halogenated alkanes) is 17. The smallest absolute Gasteiger partial charge is 0.306 e. The molecule has 0 aliphatic heterocycles. The Labute approximate surface area is 490 Å². The van der Waals surface area contributed by atoms with Crippen molar-refractivity contribution in [3.05, 3.63) is 146 Å². The molecule has 0 spiro atoms. The number of nitrogens with zero attached hydrogens (tertiary/aromatic N) is 1. The number of rotatable bonds is 56. The third-order valence-electron chi connectivity index (χ3n) is 12.8. The van der Waals surface area contributed by atoms with E-state index in [0.717, 1.165) is 135 Å². The molecule has 0 saturated carbocycles. The number of carbonyl (C=O) groups is 3. The van der Waals surface area contributed by atoms with Gasteiger partial charge in [0.05, 0.1) is 40.3 Å². The van der Waals surface area contributed by atoms with Crippen LogP contribution < -0.4 is 5.11 Å². The van der Waals surface area contributed by atoms with E-state index < -0.39 is 24.3 Å². The Hall–Kier alpha value is -4.83. The molecule has 0 fully saturated rings. The molecular formula is C71H115NO8. The molecule has 0 aromatic heterocycles. The van der Waals surface area contributed by atoms with Crippen molar-refractivity contribution in [1.82, 2.24) is 0 Å². The molecule has 0 rings (SSSR count). The summed E-state index contributed by atoms with van der Waals surface area (Å²) in [5, 5.41) is 11.8. The molecule has 0 aromatic rings. The van der Waals surface area contributed by atoms with Crippen LogP contribution in [0.2, 0.25) is 0 Å². The van der Waals surface area contributed by atoms with Crippen molar-refractivity contribution in [2.24, 2.45) is 0 Å². The molecule has 0 aliphatic carbocycles. The van der Waals surface area contributed by atoms with E-state index in [0.29, 0.717) is 17.4 Å². The molecule has 2 unspecified atom stereocenters. The van der Waals surface area contributed by atoms with E-state index >= 15 is 0 Å². The van der Waals surface area contributed by atoms with Crippen molar-refractivity contribution < 1.29 is 42.9 Å². The van der Waals surface area contributed by atoms with Gasteiger partial charge < -0.3 is 33.3 Å². The zero-order valence-electron chi connectivity index (χ0n) is 51.4. The minimum absolute atomic E-state index is 0.137. The van der Waals surface area contributed by atoms with E-state index in [-0.39, 0.29) is 38.6 Å². The van der Waals surface area contributed by atoms with E-state index in [9.17, 15) is 19.5 Å². The van der Waals surface area contributed by atoms with Crippen LogP contribution in [0.5, 0.6) is 0 Å². The van der Waals surface area contributed by atoms with Crippen molar-refractivity contribution in [3.8, 4) is 0 Å². The lowest BCUT2D eigenvalue weighted by Crippen LogP contribution is -2.44. The van der Waals surface area contributed by atoms with Gasteiger partial charge in [0.2, 0.25) is 0 Å². The maximum Gasteiger partial charge on any atom is 0.306 e. The van der Waals surface area contributed by atoms with E-state index in [1.165, 1.54) is 57.8 Å². The average molecular weight is 1110 g/mol. The Morgan fingerprint density at radius 3 is 1.07 bits per heavy atom. The number of likely N-dealkylation sites (N-methyl/N-ethyl adjacent to an activating group) is 1. The van der Waals surface area contributed by atoms with Gasteiger partial charge in [-0.05, 0) is 122 Å². The largest absolute Gasteiger partial charge is 0.545 e. The molecule has 9 nitrogen and oxygen atoms in total. The fraction of sp³-hybridized carbons (Fsp3) is 0.620. The van der Waals surface area contributed by atoms with Crippen molar-refractivity contribution in [2.45, 2.75) is 238 Å². The van der Waals surface area contributed by atoms with Gasteiger partial charge in [-0.3, -0.25) is 9.59 Å². The Balaban J connectivity index is 4.19. The number of carboxylic acids is 1. The number of aliphatic carboxylic acids is 1. The Kier molecular flexibility index (Phi) is 56.6. The average Bonchev–Trinajstić information content (AvgIpc) is 3.43. The van der Waals surface area contributed by atoms with Gasteiger partial charge in [0.15, 0.2) is 12.4 Å². The van der Waals surface area contributed by atoms with Crippen LogP contribution in [-0.2, 0) is 33.3 Å². The predicted octanol–water partition coefficient (Wildman–Crippen LogP) is 17.8. The van der Waals surface area contributed by atoms with Crippen LogP contribution in [0.4, 0.5) is 0 Å². The van der Waals surface area contributed by atoms with Crippen LogP contribution in [0.1, 0.15) is 226 Å². The number of carbonyl (C=O) groups excluding carboxylic acids is 3. The zero-order chi connectivity index (χ0) is 58.3. The summed E-state index contributed by atoms with van der Waals surface area (Å²) < 4.78 is 22.7. The highest BCUT2D eigenvalue weighted by atomic mass is 16.7. The second-order valence-corrected chi connectivity index (χ2v) is 21.6. The Morgan fingerprint density at radius 1 is 0.388 bits per heavy atom. The first-order valence-electron chi connectivity index (χ1n) is 31.5. The minimum atomic E-state index is -1.63. The highest BCUT2D eigenvalue weighted by molar-refractivity contribution is 5.70. The van der Waals surface area contributed by atoms with Crippen LogP contribution in [0.3, 0.4) is 0 Å². The van der Waals surface area contributed by atoms with Crippen LogP contribution in [-0.4, -0.2) is 82.3 Å². The van der Waals surface area contributed by atoms with Gasteiger partial charge in [0, 0.05) is 12.8 Å². The number of ether oxygens (including phenoxy) is 4. The first-order valence-corrected chi connectivity index (χ1v) is 31.5. The lowest BCUT2D eigenvalue weighted by Gasteiger charge is -2.26. The normalized spacial score (nSPS) is 13.8. The maximum absolute atomic E-state index is 12.9. The molecule has 0 bridgehead atoms. The van der Waals surface area contributed by atoms with Gasteiger partial charge >= 0.3 is 11.9 Å². The van der Waals surface area contributed by atoms with Crippen LogP contribution in [0.25, 0.3) is 0 Å². The third-order valence-corrected chi connectivity index (χ3v) is 12.8. The zero-order valence-corrected chi connectivity index (χ0v) is 51.4. The number of hydrogen-bond donors (Lipinski definition) is 0. The summed E-state index contributed by atoms with van der Waals surface area (Å²) in [5.41, 5.74) is 0. The van der Waals surface area contributed by atoms with Crippen molar-refractivity contribution in [1.29, 1.82) is 0 Å². The summed E-state index contributed by atoms with van der Waals surface area (Å²) in [6, 6.07) is 0. The quantitative estimate of drug-likeness (QED) is 0.0195. The fourth-order valence-electron chi connectivity index (χ4n) is 8.00. The highest BCUT2D eigenvalue weighted by Crippen LogP contribution is 2.14. The van der Waals surface area contributed by atoms with E-state index in [1.54, 1.807) is 0 Å². The number of esters is 2. The molecule has 80 heavy (non-hydrogen) atoms. The summed E-state index contributed by atoms with van der Waals surface area (Å²) in [5.74, 6) is -2.32. The molecule has 0 saturated heterocycles. The molecule has 0 aromatic carbocycles. The third kappa shape index (κ3) is 60.8. The molecular weight excluding hydrogens is 995 g/mol. The molecule has 9 heteroatoms. The predicted molar refractivity (Wildman–Crippen MR) is 338 cm³/mol. The summed E-state index contributed by atoms with van der Waals surface area (Å²) in [7, 11) is 5.90. The standard InChI is InChI=1S/C71H115NO8/c1-6-8-10-12-14-16-18-20-22-23-24-25-26-27-28-29-30-31-32-33-34-35-36-37-38-39-40-41-42-43-44-45-46-47-48-50-52-54-56-58-60-62-69(74)80-67(66-79-71(70(75)76)77-64-63-72(3,4)5)65-78-68(73)61-59-57-55-53-51-49-21-19-17-15-13-11-9-7-2/h8,10,14,16,19-22,24-25,27-28,30-31,33-34,36-37,39-40,42-43,45-46,67,71H,6-7,9,11-13,15,17-18,23,26,29,32,35,38,41,44,47-66H2,1-5H3/b10-8-,16-14-,21-19-,22-20-,25-24-,28-27-,31-30-,34-33-,37-36-,40-39-,43-42-,46-45-. The van der Waals surface area contributed by atoms with Gasteiger partial charge in [-0.25, -0.2) is 0 Å². The molecule has 0 amide bonds. The molecule has 0 radical (unpaired) electrons. The van der Waals surface area contributed by atoms with E-state index in [2.05, 4.69) is 160 Å². The second kappa shape index (κ2) is 60.3.